The minimum atomic E-state index is -3.46. The van der Waals surface area contributed by atoms with E-state index in [-0.39, 0.29) is 58.1 Å². The molecule has 0 aromatic heterocycles. The lowest BCUT2D eigenvalue weighted by atomic mass is 10.2. The van der Waals surface area contributed by atoms with Crippen LogP contribution in [0, 0.1) is 10.1 Å². The topological polar surface area (TPSA) is 159 Å². The van der Waals surface area contributed by atoms with Crippen LogP contribution in [0.1, 0.15) is 6.42 Å². The number of nitrogens with zero attached hydrogens (tertiary/aromatic N) is 1. The van der Waals surface area contributed by atoms with Crippen molar-refractivity contribution in [2.45, 2.75) is 11.3 Å². The lowest BCUT2D eigenvalue weighted by Gasteiger charge is -2.12. The summed E-state index contributed by atoms with van der Waals surface area (Å²) in [4.78, 5) is 22.4. The molecule has 2 rings (SSSR count). The van der Waals surface area contributed by atoms with Crippen molar-refractivity contribution in [3.63, 3.8) is 0 Å². The van der Waals surface area contributed by atoms with Crippen LogP contribution in [0.15, 0.2) is 41.3 Å². The van der Waals surface area contributed by atoms with E-state index in [4.69, 9.17) is 21.1 Å². The fraction of sp³-hybridized carbons (Fsp3) is 0.316. The van der Waals surface area contributed by atoms with Gasteiger partial charge in [-0.15, -0.1) is 0 Å². The quantitative estimate of drug-likeness (QED) is 0.265. The molecule has 2 aromatic carbocycles. The third-order valence-corrected chi connectivity index (χ3v) is 6.40. The summed E-state index contributed by atoms with van der Waals surface area (Å²) in [7, 11) is -6.72. The van der Waals surface area contributed by atoms with E-state index < -0.39 is 30.6 Å². The van der Waals surface area contributed by atoms with Gasteiger partial charge in [0, 0.05) is 31.2 Å². The second-order valence-electron chi connectivity index (χ2n) is 6.93. The molecule has 0 amide bonds. The Morgan fingerprint density at radius 1 is 1.12 bits per heavy atom. The van der Waals surface area contributed by atoms with E-state index in [1.165, 1.54) is 36.4 Å². The van der Waals surface area contributed by atoms with Gasteiger partial charge < -0.3 is 14.8 Å². The zero-order valence-electron chi connectivity index (χ0n) is 17.6. The molecule has 0 unspecified atom stereocenters. The van der Waals surface area contributed by atoms with E-state index in [0.29, 0.717) is 0 Å². The Bertz CT molecular complexity index is 1260. The summed E-state index contributed by atoms with van der Waals surface area (Å²) in [5, 5.41) is 14.1. The molecule has 0 saturated heterocycles. The van der Waals surface area contributed by atoms with Crippen LogP contribution < -0.4 is 10.1 Å². The Hall–Kier alpha value is -2.90. The highest BCUT2D eigenvalue weighted by Crippen LogP contribution is 2.35. The smallest absolute Gasteiger partial charge is 0.307 e. The van der Waals surface area contributed by atoms with Gasteiger partial charge in [0.15, 0.2) is 19.7 Å². The third kappa shape index (κ3) is 8.51. The van der Waals surface area contributed by atoms with Crippen LogP contribution in [0.5, 0.6) is 11.5 Å². The van der Waals surface area contributed by atoms with Crippen LogP contribution >= 0.6 is 11.6 Å². The average molecular weight is 521 g/mol. The van der Waals surface area contributed by atoms with Crippen LogP contribution in [0.2, 0.25) is 5.02 Å². The molecule has 0 aliphatic rings. The molecule has 180 valence electrons. The van der Waals surface area contributed by atoms with Crippen LogP contribution in [0.25, 0.3) is 0 Å². The summed E-state index contributed by atoms with van der Waals surface area (Å²) in [6.45, 7) is -0.300. The molecule has 0 heterocycles. The third-order valence-electron chi connectivity index (χ3n) is 4.09. The molecule has 14 heteroatoms. The Morgan fingerprint density at radius 2 is 1.82 bits per heavy atom. The van der Waals surface area contributed by atoms with E-state index >= 15 is 0 Å². The second kappa shape index (κ2) is 10.8. The molecule has 0 aliphatic carbocycles. The average Bonchev–Trinajstić information content (AvgIpc) is 2.67. The molecule has 0 bridgehead atoms. The predicted molar refractivity (Wildman–Crippen MR) is 122 cm³/mol. The number of nitro benzene ring substituents is 1. The van der Waals surface area contributed by atoms with E-state index in [1.54, 1.807) is 0 Å². The van der Waals surface area contributed by atoms with Crippen molar-refractivity contribution in [3.8, 4) is 11.5 Å². The van der Waals surface area contributed by atoms with Crippen molar-refractivity contribution in [3.05, 3.63) is 51.5 Å². The second-order valence-corrected chi connectivity index (χ2v) is 11.6. The monoisotopic (exact) mass is 520 g/mol. The SMILES string of the molecule is CS(=O)(=O)CCOC(=O)CCNc1cc(Oc2ccc(S(C)(=O)=O)cc2Cl)ccc1[N+](=O)[O-]. The number of nitrogens with one attached hydrogen (secondary N) is 1. The molecule has 2 aromatic rings. The molecule has 33 heavy (non-hydrogen) atoms. The van der Waals surface area contributed by atoms with Crippen molar-refractivity contribution in [2.24, 2.45) is 0 Å². The molecule has 0 spiro atoms. The van der Waals surface area contributed by atoms with Crippen LogP contribution in [0.4, 0.5) is 11.4 Å². The summed E-state index contributed by atoms with van der Waals surface area (Å²) < 4.78 is 55.8. The molecular formula is C19H21ClN2O9S2. The Morgan fingerprint density at radius 3 is 2.39 bits per heavy atom. The molecule has 0 saturated carbocycles. The largest absolute Gasteiger partial charge is 0.465 e. The van der Waals surface area contributed by atoms with Crippen molar-refractivity contribution < 1.29 is 36.0 Å². The van der Waals surface area contributed by atoms with Crippen molar-refractivity contribution in [1.82, 2.24) is 0 Å². The first kappa shape index (κ1) is 26.4. The summed E-state index contributed by atoms with van der Waals surface area (Å²) in [5.74, 6) is -0.657. The van der Waals surface area contributed by atoms with Gasteiger partial charge in [-0.25, -0.2) is 16.8 Å². The predicted octanol–water partition coefficient (Wildman–Crippen LogP) is 2.83. The molecular weight excluding hydrogens is 500 g/mol. The number of carbonyl (C=O) groups excluding carboxylic acids is 1. The zero-order chi connectivity index (χ0) is 24.8. The van der Waals surface area contributed by atoms with Gasteiger partial charge in [-0.2, -0.15) is 0 Å². The number of ether oxygens (including phenoxy) is 2. The molecule has 0 aliphatic heterocycles. The first-order chi connectivity index (χ1) is 15.3. The fourth-order valence-corrected chi connectivity index (χ4v) is 3.80. The van der Waals surface area contributed by atoms with Crippen LogP contribution in [-0.4, -0.2) is 59.1 Å². The van der Waals surface area contributed by atoms with Gasteiger partial charge in [0.25, 0.3) is 5.69 Å². The minimum absolute atomic E-state index is 0.00864. The number of benzene rings is 2. The molecule has 0 radical (unpaired) electrons. The maximum Gasteiger partial charge on any atom is 0.307 e. The van der Waals surface area contributed by atoms with Crippen molar-refractivity contribution in [2.75, 3.05) is 36.7 Å². The number of esters is 1. The molecule has 1 N–H and O–H groups in total. The number of sulfone groups is 2. The van der Waals surface area contributed by atoms with E-state index in [2.05, 4.69) is 5.32 Å². The number of anilines is 1. The van der Waals surface area contributed by atoms with Gasteiger partial charge in [-0.05, 0) is 24.3 Å². The normalized spacial score (nSPS) is 11.6. The minimum Gasteiger partial charge on any atom is -0.465 e. The number of rotatable bonds is 11. The standard InChI is InChI=1S/C19H21ClN2O9S2/c1-32(26,27)10-9-30-19(23)7-8-21-16-11-13(3-5-17(16)22(24)25)31-18-6-4-14(12-15(18)20)33(2,28)29/h3-6,11-12,21H,7-10H2,1-2H3. The first-order valence-corrected chi connectivity index (χ1v) is 13.6. The maximum absolute atomic E-state index is 11.7. The fourth-order valence-electron chi connectivity index (χ4n) is 2.48. The number of halogens is 1. The highest BCUT2D eigenvalue weighted by atomic mass is 35.5. The maximum atomic E-state index is 11.7. The molecule has 0 atom stereocenters. The van der Waals surface area contributed by atoms with Gasteiger partial charge in [-0.3, -0.25) is 14.9 Å². The van der Waals surface area contributed by atoms with Crippen LogP contribution in [-0.2, 0) is 29.2 Å². The summed E-state index contributed by atoms with van der Waals surface area (Å²) in [6, 6.07) is 7.76. The lowest BCUT2D eigenvalue weighted by molar-refractivity contribution is -0.384. The van der Waals surface area contributed by atoms with Gasteiger partial charge in [0.2, 0.25) is 0 Å². The summed E-state index contributed by atoms with van der Waals surface area (Å²) in [6.07, 6.45) is 1.89. The number of nitro groups is 1. The van der Waals surface area contributed by atoms with Crippen molar-refractivity contribution in [1.29, 1.82) is 0 Å². The highest BCUT2D eigenvalue weighted by Gasteiger charge is 2.17. The van der Waals surface area contributed by atoms with Gasteiger partial charge in [0.05, 0.1) is 27.0 Å². The van der Waals surface area contributed by atoms with Gasteiger partial charge in [-0.1, -0.05) is 11.6 Å². The lowest BCUT2D eigenvalue weighted by Crippen LogP contribution is -2.16. The van der Waals surface area contributed by atoms with E-state index in [1.807, 2.05) is 0 Å². The number of hydrogen-bond acceptors (Lipinski definition) is 10. The van der Waals surface area contributed by atoms with Gasteiger partial charge >= 0.3 is 5.97 Å². The van der Waals surface area contributed by atoms with Crippen molar-refractivity contribution >= 4 is 48.6 Å². The molecule has 0 fully saturated rings. The Kier molecular flexibility index (Phi) is 8.63. The van der Waals surface area contributed by atoms with E-state index in [9.17, 15) is 31.7 Å². The Balaban J connectivity index is 2.09. The van der Waals surface area contributed by atoms with Gasteiger partial charge in [0.1, 0.15) is 23.8 Å². The number of hydrogen-bond donors (Lipinski definition) is 1. The summed E-state index contributed by atoms with van der Waals surface area (Å²) >= 11 is 6.09. The molecule has 11 nitrogen and oxygen atoms in total. The van der Waals surface area contributed by atoms with Crippen LogP contribution in [0.3, 0.4) is 0 Å². The van der Waals surface area contributed by atoms with E-state index in [0.717, 1.165) is 12.5 Å². The Labute approximate surface area is 195 Å². The zero-order valence-corrected chi connectivity index (χ0v) is 20.0. The highest BCUT2D eigenvalue weighted by molar-refractivity contribution is 7.91. The summed E-state index contributed by atoms with van der Waals surface area (Å²) in [5.41, 5.74) is -0.211. The first-order valence-electron chi connectivity index (χ1n) is 9.29. The number of carbonyl (C=O) groups is 1.